The van der Waals surface area contributed by atoms with Gasteiger partial charge in [0, 0.05) is 10.2 Å². The number of halogens is 2. The summed E-state index contributed by atoms with van der Waals surface area (Å²) in [5.41, 5.74) is 5.43. The molecule has 108 valence electrons. The number of nitro benzene ring substituents is 1. The van der Waals surface area contributed by atoms with Gasteiger partial charge in [-0.3, -0.25) is 14.9 Å². The first-order chi connectivity index (χ1) is 9.88. The third-order valence-corrected chi connectivity index (χ3v) is 3.16. The number of benzene rings is 2. The Hall–Kier alpha value is -2.48. The molecule has 0 aliphatic heterocycles. The van der Waals surface area contributed by atoms with Gasteiger partial charge in [-0.15, -0.1) is 0 Å². The van der Waals surface area contributed by atoms with E-state index >= 15 is 0 Å². The Kier molecular flexibility index (Phi) is 4.18. The second-order valence-corrected chi connectivity index (χ2v) is 5.02. The number of rotatable bonds is 3. The van der Waals surface area contributed by atoms with E-state index in [0.29, 0.717) is 4.47 Å². The Balaban J connectivity index is 2.36. The largest absolute Gasteiger partial charge is 0.398 e. The summed E-state index contributed by atoms with van der Waals surface area (Å²) < 4.78 is 13.7. The molecule has 0 heterocycles. The first kappa shape index (κ1) is 14.9. The minimum atomic E-state index is -0.775. The summed E-state index contributed by atoms with van der Waals surface area (Å²) in [6.45, 7) is 0. The van der Waals surface area contributed by atoms with Crippen LogP contribution in [-0.4, -0.2) is 10.8 Å². The quantitative estimate of drug-likeness (QED) is 0.502. The highest BCUT2D eigenvalue weighted by Crippen LogP contribution is 2.26. The van der Waals surface area contributed by atoms with Gasteiger partial charge in [-0.1, -0.05) is 15.9 Å². The molecular weight excluding hydrogens is 345 g/mol. The van der Waals surface area contributed by atoms with Crippen LogP contribution in [0.1, 0.15) is 10.4 Å². The molecule has 0 aromatic heterocycles. The maximum Gasteiger partial charge on any atom is 0.295 e. The molecule has 0 aliphatic carbocycles. The van der Waals surface area contributed by atoms with Crippen molar-refractivity contribution in [3.63, 3.8) is 0 Å². The second-order valence-electron chi connectivity index (χ2n) is 4.10. The number of nitrogens with zero attached hydrogens (tertiary/aromatic N) is 1. The zero-order chi connectivity index (χ0) is 15.6. The molecule has 6 nitrogen and oxygen atoms in total. The number of anilines is 2. The van der Waals surface area contributed by atoms with Crippen LogP contribution in [-0.2, 0) is 0 Å². The van der Waals surface area contributed by atoms with Gasteiger partial charge in [0.15, 0.2) is 0 Å². The molecule has 1 amide bonds. The maximum absolute atomic E-state index is 13.0. The van der Waals surface area contributed by atoms with Crippen LogP contribution in [0.2, 0.25) is 0 Å². The monoisotopic (exact) mass is 353 g/mol. The Labute approximate surface area is 127 Å². The average molecular weight is 354 g/mol. The number of nitro groups is 1. The number of hydrogen-bond acceptors (Lipinski definition) is 4. The molecule has 0 spiro atoms. The van der Waals surface area contributed by atoms with Crippen molar-refractivity contribution >= 4 is 38.9 Å². The van der Waals surface area contributed by atoms with Crippen LogP contribution in [0.5, 0.6) is 0 Å². The number of nitrogens with one attached hydrogen (secondary N) is 1. The molecule has 3 N–H and O–H groups in total. The van der Waals surface area contributed by atoms with Gasteiger partial charge in [-0.05, 0) is 30.3 Å². The third kappa shape index (κ3) is 3.34. The molecule has 0 aliphatic rings. The van der Waals surface area contributed by atoms with Gasteiger partial charge >= 0.3 is 0 Å². The standard InChI is InChI=1S/C13H9BrFN3O3/c14-7-1-3-10(16)9(5-7)13(19)17-11-4-2-8(15)6-12(11)18(20)21/h1-6H,16H2,(H,17,19). The molecule has 0 fully saturated rings. The zero-order valence-electron chi connectivity index (χ0n) is 10.5. The summed E-state index contributed by atoms with van der Waals surface area (Å²) in [6.07, 6.45) is 0. The van der Waals surface area contributed by atoms with E-state index in [9.17, 15) is 19.3 Å². The Bertz CT molecular complexity index is 737. The van der Waals surface area contributed by atoms with E-state index in [1.165, 1.54) is 12.1 Å². The molecule has 2 rings (SSSR count). The van der Waals surface area contributed by atoms with Crippen LogP contribution < -0.4 is 11.1 Å². The first-order valence-electron chi connectivity index (χ1n) is 5.69. The summed E-state index contributed by atoms with van der Waals surface area (Å²) in [4.78, 5) is 22.2. The molecule has 2 aromatic rings. The predicted octanol–water partition coefficient (Wildman–Crippen LogP) is 3.33. The number of carbonyl (C=O) groups is 1. The van der Waals surface area contributed by atoms with E-state index in [4.69, 9.17) is 5.73 Å². The van der Waals surface area contributed by atoms with Gasteiger partial charge in [0.05, 0.1) is 16.6 Å². The molecule has 0 saturated heterocycles. The highest BCUT2D eigenvalue weighted by atomic mass is 79.9. The smallest absolute Gasteiger partial charge is 0.295 e. The molecule has 0 unspecified atom stereocenters. The number of hydrogen-bond donors (Lipinski definition) is 2. The number of amides is 1. The maximum atomic E-state index is 13.0. The van der Waals surface area contributed by atoms with Gasteiger partial charge in [-0.25, -0.2) is 4.39 Å². The minimum Gasteiger partial charge on any atom is -0.398 e. The lowest BCUT2D eigenvalue weighted by Gasteiger charge is -2.08. The number of carbonyl (C=O) groups excluding carboxylic acids is 1. The van der Waals surface area contributed by atoms with Gasteiger partial charge in [-0.2, -0.15) is 0 Å². The first-order valence-corrected chi connectivity index (χ1v) is 6.48. The van der Waals surface area contributed by atoms with Gasteiger partial charge in [0.2, 0.25) is 0 Å². The van der Waals surface area contributed by atoms with Crippen molar-refractivity contribution in [3.05, 3.63) is 62.4 Å². The summed E-state index contributed by atoms with van der Waals surface area (Å²) >= 11 is 3.20. The Morgan fingerprint density at radius 1 is 1.29 bits per heavy atom. The van der Waals surface area contributed by atoms with Crippen molar-refractivity contribution in [2.75, 3.05) is 11.1 Å². The topological polar surface area (TPSA) is 98.3 Å². The Morgan fingerprint density at radius 2 is 2.00 bits per heavy atom. The Morgan fingerprint density at radius 3 is 2.67 bits per heavy atom. The highest BCUT2D eigenvalue weighted by Gasteiger charge is 2.18. The van der Waals surface area contributed by atoms with Crippen LogP contribution >= 0.6 is 15.9 Å². The van der Waals surface area contributed by atoms with Crippen LogP contribution in [0.15, 0.2) is 40.9 Å². The van der Waals surface area contributed by atoms with E-state index in [1.807, 2.05) is 0 Å². The van der Waals surface area contributed by atoms with Crippen molar-refractivity contribution in [1.29, 1.82) is 0 Å². The van der Waals surface area contributed by atoms with Gasteiger partial charge in [0.25, 0.3) is 11.6 Å². The third-order valence-electron chi connectivity index (χ3n) is 2.66. The summed E-state index contributed by atoms with van der Waals surface area (Å²) in [5.74, 6) is -1.38. The molecule has 0 saturated carbocycles. The predicted molar refractivity (Wildman–Crippen MR) is 79.6 cm³/mol. The molecule has 0 atom stereocenters. The fourth-order valence-corrected chi connectivity index (χ4v) is 2.04. The van der Waals surface area contributed by atoms with Crippen LogP contribution in [0, 0.1) is 15.9 Å². The SMILES string of the molecule is Nc1ccc(Br)cc1C(=O)Nc1ccc(F)cc1[N+](=O)[O-]. The van der Waals surface area contributed by atoms with Crippen molar-refractivity contribution in [2.24, 2.45) is 0 Å². The van der Waals surface area contributed by atoms with E-state index in [2.05, 4.69) is 21.2 Å². The minimum absolute atomic E-state index is 0.106. The number of nitrogens with two attached hydrogens (primary N) is 1. The fraction of sp³-hybridized carbons (Fsp3) is 0. The lowest BCUT2D eigenvalue weighted by atomic mass is 10.1. The molecule has 21 heavy (non-hydrogen) atoms. The molecule has 0 bridgehead atoms. The van der Waals surface area contributed by atoms with Crippen LogP contribution in [0.4, 0.5) is 21.5 Å². The lowest BCUT2D eigenvalue weighted by Crippen LogP contribution is -2.15. The lowest BCUT2D eigenvalue weighted by molar-refractivity contribution is -0.384. The summed E-state index contributed by atoms with van der Waals surface area (Å²) in [6, 6.07) is 7.55. The van der Waals surface area contributed by atoms with Crippen molar-refractivity contribution in [3.8, 4) is 0 Å². The summed E-state index contributed by atoms with van der Waals surface area (Å²) in [7, 11) is 0. The van der Waals surface area contributed by atoms with Gasteiger partial charge in [0.1, 0.15) is 11.5 Å². The average Bonchev–Trinajstić information content (AvgIpc) is 2.43. The van der Waals surface area contributed by atoms with Crippen molar-refractivity contribution in [2.45, 2.75) is 0 Å². The normalized spacial score (nSPS) is 10.2. The molecule has 0 radical (unpaired) electrons. The zero-order valence-corrected chi connectivity index (χ0v) is 12.1. The van der Waals surface area contributed by atoms with Crippen molar-refractivity contribution in [1.82, 2.24) is 0 Å². The van der Waals surface area contributed by atoms with E-state index < -0.39 is 22.3 Å². The summed E-state index contributed by atoms with van der Waals surface area (Å²) in [5, 5.41) is 13.2. The van der Waals surface area contributed by atoms with Crippen LogP contribution in [0.3, 0.4) is 0 Å². The fourth-order valence-electron chi connectivity index (χ4n) is 1.68. The molecule has 8 heteroatoms. The van der Waals surface area contributed by atoms with Gasteiger partial charge < -0.3 is 11.1 Å². The van der Waals surface area contributed by atoms with Crippen LogP contribution in [0.25, 0.3) is 0 Å². The van der Waals surface area contributed by atoms with Crippen molar-refractivity contribution < 1.29 is 14.1 Å². The van der Waals surface area contributed by atoms with E-state index in [1.54, 1.807) is 6.07 Å². The second kappa shape index (κ2) is 5.88. The van der Waals surface area contributed by atoms with E-state index in [-0.39, 0.29) is 16.9 Å². The van der Waals surface area contributed by atoms with E-state index in [0.717, 1.165) is 18.2 Å². The molecular formula is C13H9BrFN3O3. The highest BCUT2D eigenvalue weighted by molar-refractivity contribution is 9.10. The number of nitrogen functional groups attached to an aromatic ring is 1. The molecule has 2 aromatic carbocycles.